The average Bonchev–Trinajstić information content (AvgIpc) is 2.54. The van der Waals surface area contributed by atoms with Gasteiger partial charge in [0.1, 0.15) is 0 Å². The second kappa shape index (κ2) is 4.36. The fourth-order valence-corrected chi connectivity index (χ4v) is 3.34. The molecule has 0 spiro atoms. The summed E-state index contributed by atoms with van der Waals surface area (Å²) < 4.78 is 5.11. The molecule has 1 aromatic rings. The van der Waals surface area contributed by atoms with Gasteiger partial charge in [-0.3, -0.25) is 4.90 Å². The summed E-state index contributed by atoms with van der Waals surface area (Å²) in [6.07, 6.45) is 1.71. The molecule has 0 N–H and O–H groups in total. The minimum Gasteiger partial charge on any atom is -0.360 e. The first-order valence-electron chi connectivity index (χ1n) is 5.01. The van der Waals surface area contributed by atoms with Gasteiger partial charge in [-0.15, -0.1) is 0 Å². The van der Waals surface area contributed by atoms with E-state index in [2.05, 4.69) is 35.7 Å². The molecule has 2 heterocycles. The van der Waals surface area contributed by atoms with E-state index in [1.54, 1.807) is 6.20 Å². The highest BCUT2D eigenvalue weighted by atomic mass is 32.2. The van der Waals surface area contributed by atoms with Crippen LogP contribution >= 0.6 is 11.8 Å². The van der Waals surface area contributed by atoms with Gasteiger partial charge in [0, 0.05) is 29.7 Å². The molecule has 1 aromatic heterocycles. The van der Waals surface area contributed by atoms with Crippen LogP contribution < -0.4 is 0 Å². The molecular formula is C10H16N2OS. The molecule has 2 atom stereocenters. The fraction of sp³-hybridized carbons (Fsp3) is 0.700. The van der Waals surface area contributed by atoms with Gasteiger partial charge in [0.2, 0.25) is 0 Å². The third-order valence-corrected chi connectivity index (χ3v) is 3.59. The number of thioether (sulfide) groups is 1. The number of hydrogen-bond donors (Lipinski definition) is 0. The normalized spacial score (nSPS) is 29.3. The Morgan fingerprint density at radius 2 is 2.21 bits per heavy atom. The topological polar surface area (TPSA) is 29.3 Å². The zero-order chi connectivity index (χ0) is 9.97. The fourth-order valence-electron chi connectivity index (χ4n) is 1.96. The highest BCUT2D eigenvalue weighted by Gasteiger charge is 2.22. The van der Waals surface area contributed by atoms with E-state index in [0.717, 1.165) is 35.9 Å². The summed E-state index contributed by atoms with van der Waals surface area (Å²) in [4.78, 5) is 2.44. The summed E-state index contributed by atoms with van der Waals surface area (Å²) >= 11 is 2.07. The first kappa shape index (κ1) is 10.1. The zero-order valence-electron chi connectivity index (χ0n) is 8.64. The Hall–Kier alpha value is -0.480. The van der Waals surface area contributed by atoms with Gasteiger partial charge in [0.15, 0.2) is 5.76 Å². The van der Waals surface area contributed by atoms with Gasteiger partial charge < -0.3 is 4.52 Å². The van der Waals surface area contributed by atoms with Crippen molar-refractivity contribution in [2.75, 3.05) is 13.1 Å². The van der Waals surface area contributed by atoms with Crippen LogP contribution in [0.2, 0.25) is 0 Å². The van der Waals surface area contributed by atoms with Crippen molar-refractivity contribution in [2.45, 2.75) is 30.9 Å². The Morgan fingerprint density at radius 3 is 2.79 bits per heavy atom. The average molecular weight is 212 g/mol. The lowest BCUT2D eigenvalue weighted by Gasteiger charge is -2.33. The molecule has 0 amide bonds. The molecule has 1 fully saturated rings. The highest BCUT2D eigenvalue weighted by Crippen LogP contribution is 2.25. The summed E-state index contributed by atoms with van der Waals surface area (Å²) in [5, 5.41) is 5.17. The third-order valence-electron chi connectivity index (χ3n) is 2.37. The van der Waals surface area contributed by atoms with Gasteiger partial charge in [-0.05, 0) is 0 Å². The molecule has 1 aliphatic rings. The standard InChI is InChI=1S/C10H16N2OS/c1-8-5-12(6-9(2)14-8)7-10-3-4-11-13-10/h3-4,8-9H,5-7H2,1-2H3. The second-order valence-corrected chi connectivity index (χ2v) is 5.81. The SMILES string of the molecule is CC1CN(Cc2ccno2)CC(C)S1. The molecule has 0 radical (unpaired) electrons. The molecule has 0 aromatic carbocycles. The van der Waals surface area contributed by atoms with Crippen LogP contribution in [0.1, 0.15) is 19.6 Å². The van der Waals surface area contributed by atoms with Gasteiger partial charge >= 0.3 is 0 Å². The lowest BCUT2D eigenvalue weighted by atomic mass is 10.3. The maximum absolute atomic E-state index is 5.11. The molecule has 0 bridgehead atoms. The van der Waals surface area contributed by atoms with Crippen molar-refractivity contribution in [3.05, 3.63) is 18.0 Å². The predicted molar refractivity (Wildman–Crippen MR) is 58.3 cm³/mol. The molecule has 78 valence electrons. The quantitative estimate of drug-likeness (QED) is 0.750. The highest BCUT2D eigenvalue weighted by molar-refractivity contribution is 8.00. The van der Waals surface area contributed by atoms with Gasteiger partial charge in [-0.2, -0.15) is 11.8 Å². The van der Waals surface area contributed by atoms with Crippen molar-refractivity contribution in [2.24, 2.45) is 0 Å². The van der Waals surface area contributed by atoms with E-state index in [1.165, 1.54) is 0 Å². The van der Waals surface area contributed by atoms with E-state index in [-0.39, 0.29) is 0 Å². The maximum atomic E-state index is 5.11. The van der Waals surface area contributed by atoms with Crippen LogP contribution in [0.15, 0.2) is 16.8 Å². The molecule has 2 rings (SSSR count). The number of nitrogens with zero attached hydrogens (tertiary/aromatic N) is 2. The van der Waals surface area contributed by atoms with E-state index < -0.39 is 0 Å². The van der Waals surface area contributed by atoms with E-state index >= 15 is 0 Å². The van der Waals surface area contributed by atoms with Gasteiger partial charge in [0.25, 0.3) is 0 Å². The van der Waals surface area contributed by atoms with Crippen molar-refractivity contribution in [1.29, 1.82) is 0 Å². The number of hydrogen-bond acceptors (Lipinski definition) is 4. The summed E-state index contributed by atoms with van der Waals surface area (Å²) in [5.74, 6) is 0.969. The van der Waals surface area contributed by atoms with E-state index in [0.29, 0.717) is 0 Å². The zero-order valence-corrected chi connectivity index (χ0v) is 9.46. The maximum Gasteiger partial charge on any atom is 0.150 e. The Bertz CT molecular complexity index is 266. The van der Waals surface area contributed by atoms with Crippen LogP contribution in [0.5, 0.6) is 0 Å². The molecule has 1 aliphatic heterocycles. The largest absolute Gasteiger partial charge is 0.360 e. The molecular weight excluding hydrogens is 196 g/mol. The Morgan fingerprint density at radius 1 is 1.50 bits per heavy atom. The number of rotatable bonds is 2. The molecule has 4 heteroatoms. The summed E-state index contributed by atoms with van der Waals surface area (Å²) in [5.41, 5.74) is 0. The van der Waals surface area contributed by atoms with E-state index in [1.807, 2.05) is 6.07 Å². The van der Waals surface area contributed by atoms with Crippen LogP contribution in [0.25, 0.3) is 0 Å². The minimum absolute atomic E-state index is 0.724. The van der Waals surface area contributed by atoms with Gasteiger partial charge in [-0.25, -0.2) is 0 Å². The monoisotopic (exact) mass is 212 g/mol. The first-order chi connectivity index (χ1) is 6.74. The van der Waals surface area contributed by atoms with Crippen molar-refractivity contribution in [3.63, 3.8) is 0 Å². The number of aromatic nitrogens is 1. The van der Waals surface area contributed by atoms with Crippen LogP contribution in [-0.2, 0) is 6.54 Å². The van der Waals surface area contributed by atoms with Crippen molar-refractivity contribution >= 4 is 11.8 Å². The lowest BCUT2D eigenvalue weighted by molar-refractivity contribution is 0.229. The first-order valence-corrected chi connectivity index (χ1v) is 5.95. The van der Waals surface area contributed by atoms with Gasteiger partial charge in [-0.1, -0.05) is 19.0 Å². The van der Waals surface area contributed by atoms with E-state index in [9.17, 15) is 0 Å². The molecule has 1 saturated heterocycles. The molecule has 0 aliphatic carbocycles. The van der Waals surface area contributed by atoms with E-state index in [4.69, 9.17) is 4.52 Å². The molecule has 0 saturated carbocycles. The van der Waals surface area contributed by atoms with Crippen LogP contribution in [-0.4, -0.2) is 33.6 Å². The Kier molecular flexibility index (Phi) is 3.13. The summed E-state index contributed by atoms with van der Waals surface area (Å²) in [7, 11) is 0. The van der Waals surface area contributed by atoms with Crippen LogP contribution in [0.3, 0.4) is 0 Å². The third kappa shape index (κ3) is 2.51. The summed E-state index contributed by atoms with van der Waals surface area (Å²) in [6, 6.07) is 1.94. The predicted octanol–water partition coefficient (Wildman–Crippen LogP) is 2.00. The molecule has 14 heavy (non-hydrogen) atoms. The lowest BCUT2D eigenvalue weighted by Crippen LogP contribution is -2.39. The summed E-state index contributed by atoms with van der Waals surface area (Å²) in [6.45, 7) is 7.77. The van der Waals surface area contributed by atoms with Crippen molar-refractivity contribution in [1.82, 2.24) is 10.1 Å². The molecule has 2 unspecified atom stereocenters. The van der Waals surface area contributed by atoms with Gasteiger partial charge in [0.05, 0.1) is 12.7 Å². The smallest absolute Gasteiger partial charge is 0.150 e. The van der Waals surface area contributed by atoms with Crippen LogP contribution in [0, 0.1) is 0 Å². The Labute approximate surface area is 88.8 Å². The minimum atomic E-state index is 0.724. The van der Waals surface area contributed by atoms with Crippen LogP contribution in [0.4, 0.5) is 0 Å². The van der Waals surface area contributed by atoms with Crippen molar-refractivity contribution in [3.8, 4) is 0 Å². The second-order valence-electron chi connectivity index (χ2n) is 3.93. The molecule has 3 nitrogen and oxygen atoms in total. The Balaban J connectivity index is 1.91. The van der Waals surface area contributed by atoms with Crippen molar-refractivity contribution < 1.29 is 4.52 Å².